The number of benzene rings is 1. The summed E-state index contributed by atoms with van der Waals surface area (Å²) >= 11 is 0. The van der Waals surface area contributed by atoms with E-state index in [0.29, 0.717) is 6.54 Å². The van der Waals surface area contributed by atoms with E-state index in [2.05, 4.69) is 30.9 Å². The lowest BCUT2D eigenvalue weighted by molar-refractivity contribution is 0.112. The number of hydrogen-bond acceptors (Lipinski definition) is 3. The van der Waals surface area contributed by atoms with Crippen LogP contribution in [0.15, 0.2) is 12.1 Å². The fourth-order valence-electron chi connectivity index (χ4n) is 3.83. The smallest absolute Gasteiger partial charge is 0.127 e. The highest BCUT2D eigenvalue weighted by atomic mass is 16.5. The van der Waals surface area contributed by atoms with Crippen LogP contribution in [0.3, 0.4) is 0 Å². The molecule has 0 amide bonds. The maximum Gasteiger partial charge on any atom is 0.127 e. The maximum atomic E-state index is 6.29. The largest absolute Gasteiger partial charge is 0.493 e. The van der Waals surface area contributed by atoms with E-state index in [-0.39, 0.29) is 5.54 Å². The van der Waals surface area contributed by atoms with Crippen LogP contribution in [0, 0.1) is 13.8 Å². The highest BCUT2D eigenvalue weighted by molar-refractivity contribution is 5.49. The molecule has 20 heavy (non-hydrogen) atoms. The van der Waals surface area contributed by atoms with Crippen LogP contribution in [0.2, 0.25) is 0 Å². The summed E-state index contributed by atoms with van der Waals surface area (Å²) in [5.74, 6) is 1.10. The van der Waals surface area contributed by atoms with Gasteiger partial charge in [-0.05, 0) is 63.7 Å². The minimum Gasteiger partial charge on any atom is -0.493 e. The second-order valence-corrected chi connectivity index (χ2v) is 6.27. The number of rotatable bonds is 2. The first-order valence-electron chi connectivity index (χ1n) is 7.87. The molecular formula is C17H26N2O. The Hall–Kier alpha value is -1.06. The zero-order valence-electron chi connectivity index (χ0n) is 12.7. The topological polar surface area (TPSA) is 38.5 Å². The summed E-state index contributed by atoms with van der Waals surface area (Å²) in [6.45, 7) is 8.17. The zero-order chi connectivity index (χ0) is 14.2. The van der Waals surface area contributed by atoms with Crippen molar-refractivity contribution in [1.82, 2.24) is 4.90 Å². The summed E-state index contributed by atoms with van der Waals surface area (Å²) in [4.78, 5) is 2.61. The lowest BCUT2D eigenvalue weighted by Gasteiger charge is -2.41. The van der Waals surface area contributed by atoms with Gasteiger partial charge in [-0.15, -0.1) is 0 Å². The first-order chi connectivity index (χ1) is 9.69. The lowest BCUT2D eigenvalue weighted by atomic mass is 9.82. The average Bonchev–Trinajstić information content (AvgIpc) is 2.92. The minimum absolute atomic E-state index is 0.0131. The van der Waals surface area contributed by atoms with Gasteiger partial charge in [0, 0.05) is 12.1 Å². The van der Waals surface area contributed by atoms with Gasteiger partial charge in [0.05, 0.1) is 12.1 Å². The van der Waals surface area contributed by atoms with E-state index in [0.717, 1.165) is 25.2 Å². The molecule has 1 aromatic rings. The second-order valence-electron chi connectivity index (χ2n) is 6.27. The van der Waals surface area contributed by atoms with Crippen LogP contribution in [0.1, 0.15) is 42.4 Å². The normalized spacial score (nSPS) is 26.9. The number of hydrogen-bond donors (Lipinski definition) is 1. The molecule has 2 aliphatic heterocycles. The first-order valence-corrected chi connectivity index (χ1v) is 7.87. The summed E-state index contributed by atoms with van der Waals surface area (Å²) in [7, 11) is 0. The van der Waals surface area contributed by atoms with Gasteiger partial charge in [0.1, 0.15) is 5.75 Å². The Bertz CT molecular complexity index is 494. The molecule has 2 heterocycles. The van der Waals surface area contributed by atoms with E-state index in [1.807, 2.05) is 0 Å². The molecule has 0 saturated carbocycles. The summed E-state index contributed by atoms with van der Waals surface area (Å²) in [6.07, 6.45) is 4.78. The number of fused-ring (bicyclic) bond motifs is 1. The predicted molar refractivity (Wildman–Crippen MR) is 82.2 cm³/mol. The van der Waals surface area contributed by atoms with Crippen LogP contribution in [0.4, 0.5) is 0 Å². The van der Waals surface area contributed by atoms with Crippen LogP contribution in [-0.4, -0.2) is 31.1 Å². The molecule has 0 radical (unpaired) electrons. The summed E-state index contributed by atoms with van der Waals surface area (Å²) in [5.41, 5.74) is 10.2. The van der Waals surface area contributed by atoms with Crippen LogP contribution in [0.25, 0.3) is 0 Å². The molecule has 1 aromatic carbocycles. The van der Waals surface area contributed by atoms with Crippen molar-refractivity contribution >= 4 is 0 Å². The molecule has 1 atom stereocenters. The molecule has 1 saturated heterocycles. The zero-order valence-corrected chi connectivity index (χ0v) is 12.7. The SMILES string of the molecule is Cc1ccc2c(c1C)OCCCC2(CN)N1CCCC1. The van der Waals surface area contributed by atoms with Crippen LogP contribution in [-0.2, 0) is 5.54 Å². The van der Waals surface area contributed by atoms with Gasteiger partial charge in [0.25, 0.3) is 0 Å². The molecule has 0 spiro atoms. The highest BCUT2D eigenvalue weighted by Gasteiger charge is 2.41. The van der Waals surface area contributed by atoms with E-state index in [9.17, 15) is 0 Å². The Kier molecular flexibility index (Phi) is 3.74. The van der Waals surface area contributed by atoms with Crippen molar-refractivity contribution in [2.45, 2.75) is 45.1 Å². The third kappa shape index (κ3) is 2.04. The third-order valence-corrected chi connectivity index (χ3v) is 5.21. The molecule has 0 aliphatic carbocycles. The van der Waals surface area contributed by atoms with Crippen molar-refractivity contribution in [2.24, 2.45) is 5.73 Å². The monoisotopic (exact) mass is 274 g/mol. The molecule has 1 fully saturated rings. The van der Waals surface area contributed by atoms with Crippen LogP contribution in [0.5, 0.6) is 5.75 Å². The first kappa shape index (κ1) is 13.9. The van der Waals surface area contributed by atoms with Gasteiger partial charge in [-0.3, -0.25) is 4.90 Å². The number of nitrogens with zero attached hydrogens (tertiary/aromatic N) is 1. The Morgan fingerprint density at radius 3 is 2.65 bits per heavy atom. The fourth-order valence-corrected chi connectivity index (χ4v) is 3.83. The number of aryl methyl sites for hydroxylation is 1. The van der Waals surface area contributed by atoms with Gasteiger partial charge < -0.3 is 10.5 Å². The average molecular weight is 274 g/mol. The summed E-state index contributed by atoms with van der Waals surface area (Å²) in [6, 6.07) is 4.48. The van der Waals surface area contributed by atoms with Gasteiger partial charge in [0.15, 0.2) is 0 Å². The standard InChI is InChI=1S/C17H26N2O/c1-13-6-7-15-16(14(13)2)20-11-5-8-17(15,12-18)19-9-3-4-10-19/h6-7H,3-5,8-12,18H2,1-2H3. The molecule has 0 bridgehead atoms. The lowest BCUT2D eigenvalue weighted by Crippen LogP contribution is -2.49. The van der Waals surface area contributed by atoms with E-state index < -0.39 is 0 Å². The van der Waals surface area contributed by atoms with E-state index in [1.165, 1.54) is 42.6 Å². The van der Waals surface area contributed by atoms with Gasteiger partial charge in [-0.25, -0.2) is 0 Å². The molecule has 3 heteroatoms. The Labute approximate surface area is 122 Å². The van der Waals surface area contributed by atoms with Crippen molar-refractivity contribution in [3.8, 4) is 5.75 Å². The molecule has 1 unspecified atom stereocenters. The van der Waals surface area contributed by atoms with Crippen LogP contribution < -0.4 is 10.5 Å². The van der Waals surface area contributed by atoms with Crippen molar-refractivity contribution in [3.05, 3.63) is 28.8 Å². The van der Waals surface area contributed by atoms with Gasteiger partial charge in [-0.2, -0.15) is 0 Å². The highest BCUT2D eigenvalue weighted by Crippen LogP contribution is 2.43. The fraction of sp³-hybridized carbons (Fsp3) is 0.647. The number of ether oxygens (including phenoxy) is 1. The molecule has 2 aliphatic rings. The third-order valence-electron chi connectivity index (χ3n) is 5.21. The Morgan fingerprint density at radius 2 is 1.95 bits per heavy atom. The maximum absolute atomic E-state index is 6.29. The number of likely N-dealkylation sites (tertiary alicyclic amines) is 1. The van der Waals surface area contributed by atoms with Crippen molar-refractivity contribution in [3.63, 3.8) is 0 Å². The van der Waals surface area contributed by atoms with Crippen molar-refractivity contribution in [1.29, 1.82) is 0 Å². The summed E-state index contributed by atoms with van der Waals surface area (Å²) < 4.78 is 6.09. The molecular weight excluding hydrogens is 248 g/mol. The predicted octanol–water partition coefficient (Wildman–Crippen LogP) is 2.73. The van der Waals surface area contributed by atoms with Gasteiger partial charge >= 0.3 is 0 Å². The van der Waals surface area contributed by atoms with Crippen molar-refractivity contribution in [2.75, 3.05) is 26.2 Å². The quantitative estimate of drug-likeness (QED) is 0.901. The molecule has 0 aromatic heterocycles. The molecule has 110 valence electrons. The van der Waals surface area contributed by atoms with E-state index >= 15 is 0 Å². The van der Waals surface area contributed by atoms with Gasteiger partial charge in [-0.1, -0.05) is 12.1 Å². The second kappa shape index (κ2) is 5.38. The molecule has 3 nitrogen and oxygen atoms in total. The van der Waals surface area contributed by atoms with E-state index in [1.54, 1.807) is 0 Å². The summed E-state index contributed by atoms with van der Waals surface area (Å²) in [5, 5.41) is 0. The van der Waals surface area contributed by atoms with Crippen LogP contribution >= 0.6 is 0 Å². The van der Waals surface area contributed by atoms with Gasteiger partial charge in [0.2, 0.25) is 0 Å². The minimum atomic E-state index is -0.0131. The van der Waals surface area contributed by atoms with Crippen molar-refractivity contribution < 1.29 is 4.74 Å². The van der Waals surface area contributed by atoms with E-state index in [4.69, 9.17) is 10.5 Å². The number of nitrogens with two attached hydrogens (primary N) is 1. The molecule has 2 N–H and O–H groups in total. The Balaban J connectivity index is 2.14. The molecule has 3 rings (SSSR count). The Morgan fingerprint density at radius 1 is 1.20 bits per heavy atom.